The van der Waals surface area contributed by atoms with Crippen LogP contribution in [0.5, 0.6) is 0 Å². The van der Waals surface area contributed by atoms with Gasteiger partial charge in [-0.05, 0) is 25.1 Å². The quantitative estimate of drug-likeness (QED) is 0.746. The highest BCUT2D eigenvalue weighted by molar-refractivity contribution is 7.92. The van der Waals surface area contributed by atoms with E-state index in [-0.39, 0.29) is 23.6 Å². The lowest BCUT2D eigenvalue weighted by atomic mass is 10.3. The molecule has 0 bridgehead atoms. The Balaban J connectivity index is 2.09. The molecule has 2 heterocycles. The summed E-state index contributed by atoms with van der Waals surface area (Å²) in [5, 5.41) is 9.01. The molecule has 0 aliphatic rings. The van der Waals surface area contributed by atoms with Gasteiger partial charge in [0, 0.05) is 24.0 Å². The number of nitrogens with one attached hydrogen (secondary N) is 2. The van der Waals surface area contributed by atoms with Gasteiger partial charge < -0.3 is 10.1 Å². The maximum Gasteiger partial charge on any atom is 0.354 e. The van der Waals surface area contributed by atoms with Crippen molar-refractivity contribution in [2.45, 2.75) is 13.3 Å². The molecular weight excluding hydrogens is 294 g/mol. The van der Waals surface area contributed by atoms with Crippen molar-refractivity contribution in [3.63, 3.8) is 0 Å². The number of aryl methyl sites for hydroxylation is 2. The van der Waals surface area contributed by atoms with Gasteiger partial charge in [-0.2, -0.15) is 0 Å². The molecule has 0 aromatic carbocycles. The number of H-pyrrole nitrogens is 1. The van der Waals surface area contributed by atoms with Gasteiger partial charge in [0.2, 0.25) is 10.0 Å². The lowest BCUT2D eigenvalue weighted by Gasteiger charge is -2.07. The van der Waals surface area contributed by atoms with Gasteiger partial charge in [0.25, 0.3) is 0 Å². The van der Waals surface area contributed by atoms with Gasteiger partial charge in [-0.25, -0.2) is 13.2 Å². The normalized spacial score (nSPS) is 11.3. The monoisotopic (exact) mass is 309 g/mol. The minimum Gasteiger partial charge on any atom is -0.477 e. The van der Waals surface area contributed by atoms with Gasteiger partial charge in [0.15, 0.2) is 0 Å². The van der Waals surface area contributed by atoms with Gasteiger partial charge >= 0.3 is 5.97 Å². The van der Waals surface area contributed by atoms with E-state index in [1.54, 1.807) is 31.3 Å². The number of hydrogen-bond donors (Lipinski definition) is 3. The Labute approximate surface area is 122 Å². The molecule has 2 aromatic heterocycles. The van der Waals surface area contributed by atoms with Crippen molar-refractivity contribution in [1.82, 2.24) is 9.97 Å². The van der Waals surface area contributed by atoms with E-state index in [9.17, 15) is 13.2 Å². The average molecular weight is 309 g/mol. The van der Waals surface area contributed by atoms with Crippen molar-refractivity contribution in [3.8, 4) is 0 Å². The van der Waals surface area contributed by atoms with Crippen molar-refractivity contribution >= 4 is 21.7 Å². The van der Waals surface area contributed by atoms with Crippen LogP contribution in [0.4, 0.5) is 5.69 Å². The molecule has 7 nitrogen and oxygen atoms in total. The summed E-state index contributed by atoms with van der Waals surface area (Å²) in [4.78, 5) is 17.7. The van der Waals surface area contributed by atoms with Gasteiger partial charge in [-0.1, -0.05) is 6.07 Å². The fourth-order valence-electron chi connectivity index (χ4n) is 1.84. The Morgan fingerprint density at radius 3 is 2.81 bits per heavy atom. The molecule has 0 radical (unpaired) electrons. The van der Waals surface area contributed by atoms with Crippen LogP contribution in [0, 0.1) is 6.92 Å². The van der Waals surface area contributed by atoms with Crippen LogP contribution in [0.2, 0.25) is 0 Å². The molecule has 3 N–H and O–H groups in total. The number of sulfonamides is 1. The number of rotatable bonds is 6. The number of anilines is 1. The second kappa shape index (κ2) is 5.96. The van der Waals surface area contributed by atoms with E-state index in [0.717, 1.165) is 0 Å². The minimum atomic E-state index is -3.65. The molecule has 2 aromatic rings. The van der Waals surface area contributed by atoms with E-state index < -0.39 is 16.0 Å². The summed E-state index contributed by atoms with van der Waals surface area (Å²) < 4.78 is 26.3. The van der Waals surface area contributed by atoms with Crippen molar-refractivity contribution in [3.05, 3.63) is 47.5 Å². The van der Waals surface area contributed by atoms with Gasteiger partial charge in [-0.15, -0.1) is 0 Å². The smallest absolute Gasteiger partial charge is 0.354 e. The SMILES string of the molecule is Cc1cc(NS(=O)(=O)CCc2ccccn2)c(C(=O)O)[nH]1. The summed E-state index contributed by atoms with van der Waals surface area (Å²) in [6, 6.07) is 6.71. The first kappa shape index (κ1) is 15.0. The Bertz CT molecular complexity index is 738. The van der Waals surface area contributed by atoms with Gasteiger partial charge in [0.1, 0.15) is 5.69 Å². The maximum absolute atomic E-state index is 12.0. The Hall–Kier alpha value is -2.35. The van der Waals surface area contributed by atoms with E-state index in [2.05, 4.69) is 14.7 Å². The zero-order chi connectivity index (χ0) is 15.5. The lowest BCUT2D eigenvalue weighted by Crippen LogP contribution is -2.19. The van der Waals surface area contributed by atoms with Crippen molar-refractivity contribution in [1.29, 1.82) is 0 Å². The Kier molecular flexibility index (Phi) is 4.27. The molecule has 0 saturated carbocycles. The first-order chi connectivity index (χ1) is 9.87. The Morgan fingerprint density at radius 2 is 2.19 bits per heavy atom. The van der Waals surface area contributed by atoms with Crippen molar-refractivity contribution < 1.29 is 18.3 Å². The number of aromatic nitrogens is 2. The van der Waals surface area contributed by atoms with Crippen LogP contribution < -0.4 is 4.72 Å². The second-order valence-corrected chi connectivity index (χ2v) is 6.38. The number of pyridine rings is 1. The summed E-state index contributed by atoms with van der Waals surface area (Å²) in [5.41, 5.74) is 1.09. The first-order valence-electron chi connectivity index (χ1n) is 6.21. The highest BCUT2D eigenvalue weighted by atomic mass is 32.2. The third-order valence-corrected chi connectivity index (χ3v) is 4.06. The molecule has 0 unspecified atom stereocenters. The molecule has 0 spiro atoms. The predicted octanol–water partition coefficient (Wildman–Crippen LogP) is 1.40. The molecule has 0 aliphatic heterocycles. The zero-order valence-electron chi connectivity index (χ0n) is 11.3. The van der Waals surface area contributed by atoms with Crippen LogP contribution in [0.1, 0.15) is 21.9 Å². The zero-order valence-corrected chi connectivity index (χ0v) is 12.1. The lowest BCUT2D eigenvalue weighted by molar-refractivity contribution is 0.0692. The molecule has 0 fully saturated rings. The van der Waals surface area contributed by atoms with E-state index in [4.69, 9.17) is 5.11 Å². The van der Waals surface area contributed by atoms with E-state index in [0.29, 0.717) is 11.4 Å². The van der Waals surface area contributed by atoms with Crippen molar-refractivity contribution in [2.75, 3.05) is 10.5 Å². The number of carbonyl (C=O) groups is 1. The number of aromatic carboxylic acids is 1. The highest BCUT2D eigenvalue weighted by Gasteiger charge is 2.18. The summed E-state index contributed by atoms with van der Waals surface area (Å²) >= 11 is 0. The van der Waals surface area contributed by atoms with Crippen LogP contribution in [-0.2, 0) is 16.4 Å². The van der Waals surface area contributed by atoms with Gasteiger partial charge in [0.05, 0.1) is 11.4 Å². The third kappa shape index (κ3) is 4.06. The topological polar surface area (TPSA) is 112 Å². The average Bonchev–Trinajstić information content (AvgIpc) is 2.78. The minimum absolute atomic E-state index is 0.0426. The summed E-state index contributed by atoms with van der Waals surface area (Å²) in [5.74, 6) is -1.39. The fourth-order valence-corrected chi connectivity index (χ4v) is 2.92. The molecule has 0 amide bonds. The molecule has 8 heteroatoms. The van der Waals surface area contributed by atoms with E-state index >= 15 is 0 Å². The molecule has 112 valence electrons. The molecule has 21 heavy (non-hydrogen) atoms. The molecule has 0 aliphatic carbocycles. The molecule has 0 saturated heterocycles. The molecule has 2 rings (SSSR count). The first-order valence-corrected chi connectivity index (χ1v) is 7.86. The van der Waals surface area contributed by atoms with Crippen LogP contribution in [-0.4, -0.2) is 35.2 Å². The van der Waals surface area contributed by atoms with E-state index in [1.165, 1.54) is 6.07 Å². The number of aromatic amines is 1. The summed E-state index contributed by atoms with van der Waals surface area (Å²) in [7, 11) is -3.65. The van der Waals surface area contributed by atoms with E-state index in [1.807, 2.05) is 0 Å². The number of hydrogen-bond acceptors (Lipinski definition) is 4. The second-order valence-electron chi connectivity index (χ2n) is 4.54. The summed E-state index contributed by atoms with van der Waals surface area (Å²) in [6.45, 7) is 1.65. The Morgan fingerprint density at radius 1 is 1.43 bits per heavy atom. The van der Waals surface area contributed by atoms with Crippen LogP contribution >= 0.6 is 0 Å². The summed E-state index contributed by atoms with van der Waals surface area (Å²) in [6.07, 6.45) is 1.84. The fraction of sp³-hybridized carbons (Fsp3) is 0.231. The standard InChI is InChI=1S/C13H15N3O4S/c1-9-8-11(12(15-9)13(17)18)16-21(19,20)7-5-10-4-2-3-6-14-10/h2-4,6,8,15-16H,5,7H2,1H3,(H,17,18). The maximum atomic E-state index is 12.0. The van der Waals surface area contributed by atoms with Crippen molar-refractivity contribution in [2.24, 2.45) is 0 Å². The van der Waals surface area contributed by atoms with Crippen LogP contribution in [0.25, 0.3) is 0 Å². The number of carboxylic acids is 1. The van der Waals surface area contributed by atoms with Crippen LogP contribution in [0.3, 0.4) is 0 Å². The highest BCUT2D eigenvalue weighted by Crippen LogP contribution is 2.18. The van der Waals surface area contributed by atoms with Crippen LogP contribution in [0.15, 0.2) is 30.5 Å². The molecular formula is C13H15N3O4S. The molecule has 0 atom stereocenters. The number of carboxylic acid groups (broad SMARTS) is 1. The third-order valence-electron chi connectivity index (χ3n) is 2.78. The predicted molar refractivity (Wildman–Crippen MR) is 77.8 cm³/mol. The largest absolute Gasteiger partial charge is 0.477 e. The number of nitrogens with zero attached hydrogens (tertiary/aromatic N) is 1. The van der Waals surface area contributed by atoms with Gasteiger partial charge in [-0.3, -0.25) is 9.71 Å².